The van der Waals surface area contributed by atoms with Crippen LogP contribution in [0.1, 0.15) is 5.56 Å². The fraction of sp³-hybridized carbons (Fsp3) is 0.0769. The van der Waals surface area contributed by atoms with Gasteiger partial charge in [0.1, 0.15) is 0 Å². The van der Waals surface area contributed by atoms with Gasteiger partial charge in [0.25, 0.3) is 11.4 Å². The second kappa shape index (κ2) is 6.32. The van der Waals surface area contributed by atoms with Gasteiger partial charge in [-0.25, -0.2) is 0 Å². The maximum Gasteiger partial charge on any atom is 0.416 e. The number of anilines is 2. The van der Waals surface area contributed by atoms with Gasteiger partial charge in [0.2, 0.25) is 0 Å². The predicted octanol–water partition coefficient (Wildman–Crippen LogP) is 4.92. The van der Waals surface area contributed by atoms with Crippen molar-refractivity contribution >= 4 is 34.4 Å². The summed E-state index contributed by atoms with van der Waals surface area (Å²) in [5, 5.41) is 24.8. The molecule has 0 saturated carbocycles. The molecule has 24 heavy (non-hydrogen) atoms. The number of halogens is 4. The smallest absolute Gasteiger partial charge is 0.344 e. The molecule has 0 saturated heterocycles. The van der Waals surface area contributed by atoms with Gasteiger partial charge in [-0.05, 0) is 18.2 Å². The second-order valence-corrected chi connectivity index (χ2v) is 4.97. The van der Waals surface area contributed by atoms with Gasteiger partial charge in [-0.15, -0.1) is 0 Å². The summed E-state index contributed by atoms with van der Waals surface area (Å²) >= 11 is 5.74. The molecule has 0 heterocycles. The molecule has 0 aromatic heterocycles. The molecule has 2 rings (SSSR count). The van der Waals surface area contributed by atoms with Crippen LogP contribution in [0.25, 0.3) is 0 Å². The third kappa shape index (κ3) is 3.71. The van der Waals surface area contributed by atoms with Crippen molar-refractivity contribution < 1.29 is 23.0 Å². The summed E-state index contributed by atoms with van der Waals surface area (Å²) in [6.07, 6.45) is -4.97. The molecule has 0 aliphatic carbocycles. The number of alkyl halides is 3. The number of nitro benzene ring substituents is 2. The Kier molecular flexibility index (Phi) is 4.60. The lowest BCUT2D eigenvalue weighted by Gasteiger charge is -2.11. The Bertz CT molecular complexity index is 791. The molecule has 0 fully saturated rings. The van der Waals surface area contributed by atoms with Crippen LogP contribution in [-0.2, 0) is 6.18 Å². The minimum atomic E-state index is -4.97. The highest BCUT2D eigenvalue weighted by molar-refractivity contribution is 6.30. The van der Waals surface area contributed by atoms with Gasteiger partial charge in [0.05, 0.1) is 15.4 Å². The van der Waals surface area contributed by atoms with Gasteiger partial charge in [-0.2, -0.15) is 13.2 Å². The zero-order valence-corrected chi connectivity index (χ0v) is 12.3. The summed E-state index contributed by atoms with van der Waals surface area (Å²) in [7, 11) is 0. The Balaban J connectivity index is 2.68. The van der Waals surface area contributed by atoms with Crippen LogP contribution in [0.4, 0.5) is 35.9 Å². The Morgan fingerprint density at radius 3 is 1.96 bits per heavy atom. The van der Waals surface area contributed by atoms with E-state index in [4.69, 9.17) is 11.6 Å². The van der Waals surface area contributed by atoms with E-state index in [1.165, 1.54) is 24.3 Å². The number of hydrogen-bond donors (Lipinski definition) is 1. The van der Waals surface area contributed by atoms with E-state index in [2.05, 4.69) is 5.32 Å². The molecule has 0 aliphatic heterocycles. The van der Waals surface area contributed by atoms with Crippen molar-refractivity contribution in [3.05, 3.63) is 67.2 Å². The molecule has 0 amide bonds. The van der Waals surface area contributed by atoms with Crippen molar-refractivity contribution in [2.24, 2.45) is 0 Å². The first-order valence-electron chi connectivity index (χ1n) is 6.16. The van der Waals surface area contributed by atoms with Crippen LogP contribution >= 0.6 is 11.6 Å². The number of nitrogens with zero attached hydrogens (tertiary/aromatic N) is 2. The minimum Gasteiger partial charge on any atom is -0.344 e. The summed E-state index contributed by atoms with van der Waals surface area (Å²) in [4.78, 5) is 19.9. The average Bonchev–Trinajstić information content (AvgIpc) is 2.45. The van der Waals surface area contributed by atoms with Gasteiger partial charge in [-0.3, -0.25) is 20.2 Å². The Morgan fingerprint density at radius 2 is 1.54 bits per heavy atom. The first-order valence-corrected chi connectivity index (χ1v) is 6.54. The standard InChI is InChI=1S/C13H7ClF3N3O4/c14-8-2-1-3-9(6-8)18-12-10(19(21)22)4-7(13(15,16)17)5-11(12)20(23)24/h1-6,18H. The van der Waals surface area contributed by atoms with Crippen LogP contribution in [0.15, 0.2) is 36.4 Å². The summed E-state index contributed by atoms with van der Waals surface area (Å²) in [5.41, 5.74) is -4.15. The fourth-order valence-electron chi connectivity index (χ4n) is 1.90. The second-order valence-electron chi connectivity index (χ2n) is 4.54. The molecular weight excluding hydrogens is 355 g/mol. The minimum absolute atomic E-state index is 0.147. The number of rotatable bonds is 4. The van der Waals surface area contributed by atoms with E-state index in [1.807, 2.05) is 0 Å². The number of hydrogen-bond acceptors (Lipinski definition) is 5. The van der Waals surface area contributed by atoms with Crippen molar-refractivity contribution in [1.82, 2.24) is 0 Å². The normalized spacial score (nSPS) is 11.2. The molecule has 0 spiro atoms. The van der Waals surface area contributed by atoms with Crippen LogP contribution in [-0.4, -0.2) is 9.85 Å². The monoisotopic (exact) mass is 361 g/mol. The van der Waals surface area contributed by atoms with Crippen LogP contribution in [0.5, 0.6) is 0 Å². The van der Waals surface area contributed by atoms with Crippen LogP contribution in [0.2, 0.25) is 5.02 Å². The lowest BCUT2D eigenvalue weighted by Crippen LogP contribution is -2.09. The van der Waals surface area contributed by atoms with Crippen molar-refractivity contribution in [1.29, 1.82) is 0 Å². The topological polar surface area (TPSA) is 98.3 Å². The highest BCUT2D eigenvalue weighted by Crippen LogP contribution is 2.42. The molecule has 2 aromatic carbocycles. The van der Waals surface area contributed by atoms with Gasteiger partial charge >= 0.3 is 6.18 Å². The lowest BCUT2D eigenvalue weighted by molar-refractivity contribution is -0.392. The van der Waals surface area contributed by atoms with E-state index < -0.39 is 38.6 Å². The van der Waals surface area contributed by atoms with Crippen molar-refractivity contribution in [3.63, 3.8) is 0 Å². The fourth-order valence-corrected chi connectivity index (χ4v) is 2.09. The van der Waals surface area contributed by atoms with E-state index in [0.717, 1.165) is 0 Å². The van der Waals surface area contributed by atoms with E-state index in [1.54, 1.807) is 0 Å². The quantitative estimate of drug-likeness (QED) is 0.615. The van der Waals surface area contributed by atoms with Crippen LogP contribution in [0, 0.1) is 20.2 Å². The third-order valence-electron chi connectivity index (χ3n) is 2.91. The predicted molar refractivity (Wildman–Crippen MR) is 79.5 cm³/mol. The van der Waals surface area contributed by atoms with Gasteiger partial charge in [-0.1, -0.05) is 17.7 Å². The van der Waals surface area contributed by atoms with Crippen molar-refractivity contribution in [3.8, 4) is 0 Å². The molecule has 7 nitrogen and oxygen atoms in total. The Morgan fingerprint density at radius 1 is 1.00 bits per heavy atom. The molecule has 2 aromatic rings. The number of benzene rings is 2. The summed E-state index contributed by atoms with van der Waals surface area (Å²) in [6, 6.07) is 6.14. The molecule has 11 heteroatoms. The molecule has 0 bridgehead atoms. The highest BCUT2D eigenvalue weighted by atomic mass is 35.5. The molecular formula is C13H7ClF3N3O4. The first-order chi connectivity index (χ1) is 11.1. The van der Waals surface area contributed by atoms with Gasteiger partial charge in [0.15, 0.2) is 5.69 Å². The molecule has 0 unspecified atom stereocenters. The highest BCUT2D eigenvalue weighted by Gasteiger charge is 2.37. The zero-order chi connectivity index (χ0) is 18.1. The summed E-state index contributed by atoms with van der Waals surface area (Å²) in [6.45, 7) is 0. The molecule has 0 radical (unpaired) electrons. The maximum absolute atomic E-state index is 12.8. The first kappa shape index (κ1) is 17.5. The van der Waals surface area contributed by atoms with Crippen molar-refractivity contribution in [2.75, 3.05) is 5.32 Å². The molecule has 1 N–H and O–H groups in total. The summed E-state index contributed by atoms with van der Waals surface area (Å²) < 4.78 is 38.4. The zero-order valence-electron chi connectivity index (χ0n) is 11.5. The largest absolute Gasteiger partial charge is 0.416 e. The van der Waals surface area contributed by atoms with E-state index in [9.17, 15) is 33.4 Å². The number of nitro groups is 2. The van der Waals surface area contributed by atoms with Crippen LogP contribution < -0.4 is 5.32 Å². The van der Waals surface area contributed by atoms with Crippen LogP contribution in [0.3, 0.4) is 0 Å². The molecule has 0 atom stereocenters. The summed E-state index contributed by atoms with van der Waals surface area (Å²) in [5.74, 6) is 0. The lowest BCUT2D eigenvalue weighted by atomic mass is 10.1. The maximum atomic E-state index is 12.8. The molecule has 0 aliphatic rings. The van der Waals surface area contributed by atoms with E-state index >= 15 is 0 Å². The van der Waals surface area contributed by atoms with Crippen molar-refractivity contribution in [2.45, 2.75) is 6.18 Å². The van der Waals surface area contributed by atoms with E-state index in [0.29, 0.717) is 0 Å². The average molecular weight is 362 g/mol. The Labute approximate surface area is 137 Å². The molecule has 126 valence electrons. The van der Waals surface area contributed by atoms with E-state index in [-0.39, 0.29) is 22.8 Å². The third-order valence-corrected chi connectivity index (χ3v) is 3.15. The SMILES string of the molecule is O=[N+]([O-])c1cc(C(F)(F)F)cc([N+](=O)[O-])c1Nc1cccc(Cl)c1. The van der Waals surface area contributed by atoms with Gasteiger partial charge in [0, 0.05) is 22.8 Å². The Hall–Kier alpha value is -2.88. The van der Waals surface area contributed by atoms with Gasteiger partial charge < -0.3 is 5.32 Å². The number of nitrogens with one attached hydrogen (secondary N) is 1.